The fourth-order valence-electron chi connectivity index (χ4n) is 1.08. The van der Waals surface area contributed by atoms with Gasteiger partial charge in [0.25, 0.3) is 0 Å². The number of benzene rings is 1. The topological polar surface area (TPSA) is 44.5 Å². The number of para-hydroxylation sites is 1. The van der Waals surface area contributed by atoms with Crippen LogP contribution in [0.2, 0.25) is 0 Å². The summed E-state index contributed by atoms with van der Waals surface area (Å²) < 4.78 is 10.4. The normalized spacial score (nSPS) is 10.6. The van der Waals surface area contributed by atoms with Gasteiger partial charge in [0, 0.05) is 25.1 Å². The smallest absolute Gasteiger partial charge is 0.357 e. The molecule has 0 atom stereocenters. The highest BCUT2D eigenvalue weighted by molar-refractivity contribution is 6.62. The van der Waals surface area contributed by atoms with E-state index in [-0.39, 0.29) is 0 Å². The van der Waals surface area contributed by atoms with Crippen LogP contribution in [0.15, 0.2) is 24.3 Å². The Morgan fingerprint density at radius 2 is 1.75 bits per heavy atom. The van der Waals surface area contributed by atoms with Gasteiger partial charge in [-0.05, 0) is 6.07 Å². The van der Waals surface area contributed by atoms with Crippen LogP contribution in [0.25, 0.3) is 0 Å². The molecule has 0 fully saturated rings. The number of nitrogens with two attached hydrogens (primary N) is 1. The second kappa shape index (κ2) is 4.25. The van der Waals surface area contributed by atoms with Crippen LogP contribution in [-0.2, 0) is 8.85 Å². The van der Waals surface area contributed by atoms with E-state index in [0.29, 0.717) is 0 Å². The molecule has 0 aromatic heterocycles. The van der Waals surface area contributed by atoms with Crippen molar-refractivity contribution in [2.45, 2.75) is 0 Å². The molecule has 1 aromatic carbocycles. The molecule has 0 heterocycles. The molecule has 1 rings (SSSR count). The highest BCUT2D eigenvalue weighted by Crippen LogP contribution is 1.99. The molecule has 12 heavy (non-hydrogen) atoms. The van der Waals surface area contributed by atoms with Crippen molar-refractivity contribution >= 4 is 20.2 Å². The molecule has 0 saturated heterocycles. The van der Waals surface area contributed by atoms with Crippen molar-refractivity contribution < 1.29 is 8.85 Å². The number of rotatable bonds is 3. The molecule has 0 bridgehead atoms. The minimum atomic E-state index is -1.71. The lowest BCUT2D eigenvalue weighted by Gasteiger charge is -2.12. The van der Waals surface area contributed by atoms with Gasteiger partial charge in [0.2, 0.25) is 0 Å². The SMILES string of the molecule is CO[SiH](OC)c1ccccc1N. The lowest BCUT2D eigenvalue weighted by molar-refractivity contribution is 0.292. The van der Waals surface area contributed by atoms with Crippen LogP contribution in [0.3, 0.4) is 0 Å². The van der Waals surface area contributed by atoms with E-state index in [1.807, 2.05) is 24.3 Å². The fraction of sp³-hybridized carbons (Fsp3) is 0.250. The summed E-state index contributed by atoms with van der Waals surface area (Å²) in [6, 6.07) is 7.63. The summed E-state index contributed by atoms with van der Waals surface area (Å²) in [5.41, 5.74) is 6.50. The predicted octanol–water partition coefficient (Wildman–Crippen LogP) is -0.0109. The third kappa shape index (κ3) is 1.85. The molecular weight excluding hydrogens is 170 g/mol. The number of hydrogen-bond donors (Lipinski definition) is 1. The molecule has 0 aliphatic heterocycles. The molecule has 0 aliphatic rings. The van der Waals surface area contributed by atoms with Crippen molar-refractivity contribution in [3.05, 3.63) is 24.3 Å². The molecule has 0 amide bonds. The second-order valence-electron chi connectivity index (χ2n) is 2.43. The van der Waals surface area contributed by atoms with E-state index in [1.54, 1.807) is 14.2 Å². The summed E-state index contributed by atoms with van der Waals surface area (Å²) in [4.78, 5) is 0. The van der Waals surface area contributed by atoms with Crippen LogP contribution in [0.4, 0.5) is 5.69 Å². The molecule has 2 N–H and O–H groups in total. The Balaban J connectivity index is 2.92. The van der Waals surface area contributed by atoms with Gasteiger partial charge < -0.3 is 14.6 Å². The first-order chi connectivity index (χ1) is 5.79. The van der Waals surface area contributed by atoms with E-state index in [2.05, 4.69) is 0 Å². The maximum atomic E-state index is 5.75. The summed E-state index contributed by atoms with van der Waals surface area (Å²) in [5.74, 6) is 0. The first kappa shape index (κ1) is 9.25. The summed E-state index contributed by atoms with van der Waals surface area (Å²) in [5, 5.41) is 1.00. The minimum absolute atomic E-state index is 0.748. The van der Waals surface area contributed by atoms with Crippen LogP contribution in [0, 0.1) is 0 Å². The first-order valence-electron chi connectivity index (χ1n) is 3.69. The van der Waals surface area contributed by atoms with Crippen LogP contribution < -0.4 is 10.9 Å². The highest BCUT2D eigenvalue weighted by atomic mass is 28.3. The lowest BCUT2D eigenvalue weighted by atomic mass is 10.3. The highest BCUT2D eigenvalue weighted by Gasteiger charge is 2.14. The van der Waals surface area contributed by atoms with Crippen molar-refractivity contribution in [2.24, 2.45) is 0 Å². The standard InChI is InChI=1S/C8H13NO2Si/c1-10-12(11-2)8-6-4-3-5-7(8)9/h3-6,12H,9H2,1-2H3. The Morgan fingerprint density at radius 3 is 2.25 bits per heavy atom. The summed E-state index contributed by atoms with van der Waals surface area (Å²) in [7, 11) is 1.58. The predicted molar refractivity (Wildman–Crippen MR) is 51.7 cm³/mol. The Kier molecular flexibility index (Phi) is 3.27. The molecule has 0 saturated carbocycles. The van der Waals surface area contributed by atoms with Crippen LogP contribution in [0.5, 0.6) is 0 Å². The van der Waals surface area contributed by atoms with E-state index >= 15 is 0 Å². The van der Waals surface area contributed by atoms with E-state index < -0.39 is 9.28 Å². The van der Waals surface area contributed by atoms with E-state index in [9.17, 15) is 0 Å². The summed E-state index contributed by atoms with van der Waals surface area (Å²) >= 11 is 0. The van der Waals surface area contributed by atoms with Gasteiger partial charge in [-0.15, -0.1) is 0 Å². The van der Waals surface area contributed by atoms with E-state index in [1.165, 1.54) is 0 Å². The Morgan fingerprint density at radius 1 is 1.17 bits per heavy atom. The number of anilines is 1. The van der Waals surface area contributed by atoms with Crippen molar-refractivity contribution in [1.29, 1.82) is 0 Å². The zero-order valence-electron chi connectivity index (χ0n) is 7.28. The van der Waals surface area contributed by atoms with Crippen molar-refractivity contribution in [2.75, 3.05) is 20.0 Å². The molecule has 0 radical (unpaired) electrons. The summed E-state index contributed by atoms with van der Waals surface area (Å²) in [6.07, 6.45) is 0. The molecule has 1 aromatic rings. The Hall–Kier alpha value is -0.843. The quantitative estimate of drug-likeness (QED) is 0.529. The first-order valence-corrected chi connectivity index (χ1v) is 5.21. The molecule has 4 heteroatoms. The average molecular weight is 183 g/mol. The lowest BCUT2D eigenvalue weighted by Crippen LogP contribution is -2.36. The minimum Gasteiger partial charge on any atom is -0.399 e. The maximum absolute atomic E-state index is 5.75. The maximum Gasteiger partial charge on any atom is 0.357 e. The monoisotopic (exact) mass is 183 g/mol. The number of hydrogen-bond acceptors (Lipinski definition) is 3. The van der Waals surface area contributed by atoms with Gasteiger partial charge in [-0.1, -0.05) is 18.2 Å². The van der Waals surface area contributed by atoms with Gasteiger partial charge in [-0.25, -0.2) is 0 Å². The van der Waals surface area contributed by atoms with Gasteiger partial charge in [0.1, 0.15) is 0 Å². The van der Waals surface area contributed by atoms with Gasteiger partial charge in [-0.2, -0.15) is 0 Å². The van der Waals surface area contributed by atoms with Crippen LogP contribution in [-0.4, -0.2) is 23.5 Å². The fourth-order valence-corrected chi connectivity index (χ4v) is 2.41. The van der Waals surface area contributed by atoms with Gasteiger partial charge in [0.05, 0.1) is 0 Å². The van der Waals surface area contributed by atoms with Gasteiger partial charge in [0.15, 0.2) is 0 Å². The largest absolute Gasteiger partial charge is 0.399 e. The molecule has 3 nitrogen and oxygen atoms in total. The average Bonchev–Trinajstić information content (AvgIpc) is 2.10. The third-order valence-electron chi connectivity index (χ3n) is 1.68. The van der Waals surface area contributed by atoms with E-state index in [4.69, 9.17) is 14.6 Å². The van der Waals surface area contributed by atoms with Crippen LogP contribution in [0.1, 0.15) is 0 Å². The zero-order chi connectivity index (χ0) is 8.97. The molecule has 0 spiro atoms. The van der Waals surface area contributed by atoms with Crippen molar-refractivity contribution in [1.82, 2.24) is 0 Å². The van der Waals surface area contributed by atoms with E-state index in [0.717, 1.165) is 10.9 Å². The third-order valence-corrected chi connectivity index (χ3v) is 3.57. The van der Waals surface area contributed by atoms with Crippen molar-refractivity contribution in [3.63, 3.8) is 0 Å². The Bertz CT molecular complexity index is 251. The van der Waals surface area contributed by atoms with Crippen molar-refractivity contribution in [3.8, 4) is 0 Å². The van der Waals surface area contributed by atoms with Gasteiger partial charge >= 0.3 is 9.28 Å². The summed E-state index contributed by atoms with van der Waals surface area (Å²) in [6.45, 7) is 0. The molecular formula is C8H13NO2Si. The molecule has 0 unspecified atom stereocenters. The van der Waals surface area contributed by atoms with Gasteiger partial charge in [-0.3, -0.25) is 0 Å². The molecule has 66 valence electrons. The second-order valence-corrected chi connectivity index (χ2v) is 4.66. The van der Waals surface area contributed by atoms with Crippen LogP contribution >= 0.6 is 0 Å². The number of nitrogen functional groups attached to an aromatic ring is 1. The Labute approximate surface area is 74.0 Å². The molecule has 0 aliphatic carbocycles. The zero-order valence-corrected chi connectivity index (χ0v) is 8.44.